The Morgan fingerprint density at radius 1 is 0.355 bits per heavy atom. The summed E-state index contributed by atoms with van der Waals surface area (Å²) < 4.78 is 2.66. The fourth-order valence-electron chi connectivity index (χ4n) is 10.7. The van der Waals surface area contributed by atoms with Crippen molar-refractivity contribution >= 4 is 48.6 Å². The lowest BCUT2D eigenvalue weighted by atomic mass is 9.81. The van der Waals surface area contributed by atoms with Crippen LogP contribution >= 0.6 is 11.3 Å². The second-order valence-corrected chi connectivity index (χ2v) is 19.1. The van der Waals surface area contributed by atoms with Crippen LogP contribution in [0.3, 0.4) is 0 Å². The molecule has 0 saturated heterocycles. The third-order valence-corrected chi connectivity index (χ3v) is 15.1. The highest BCUT2D eigenvalue weighted by atomic mass is 32.1. The molecule has 2 heteroatoms. The zero-order valence-electron chi connectivity index (χ0n) is 35.4. The molecular formula is C60H45NS. The highest BCUT2D eigenvalue weighted by Gasteiger charge is 2.38. The Balaban J connectivity index is 0.958. The quantitative estimate of drug-likeness (QED) is 0.162. The summed E-state index contributed by atoms with van der Waals surface area (Å²) in [6.07, 6.45) is 0. The standard InChI is InChI=1S/C60H45NS/c1-59(2)51-20-10-8-17-49(51)57-53(59)21-13-22-55(57)61(44-32-26-40(27-33-44)45-18-12-19-48-47-16-9-11-23-56(47)62-58(45)48)43-30-24-39(25-31-43)41-29-35-52-50(36-41)46-34-28-42(37-54(46)60(52,3)4)38-14-6-5-7-15-38/h5-37H,1-4H3. The Hall–Kier alpha value is -7.00. The first-order valence-corrected chi connectivity index (χ1v) is 22.6. The van der Waals surface area contributed by atoms with Crippen molar-refractivity contribution in [3.05, 3.63) is 222 Å². The number of hydrogen-bond acceptors (Lipinski definition) is 2. The van der Waals surface area contributed by atoms with Gasteiger partial charge in [0.2, 0.25) is 0 Å². The third-order valence-electron chi connectivity index (χ3n) is 13.9. The number of rotatable bonds is 6. The molecule has 296 valence electrons. The molecule has 0 bridgehead atoms. The van der Waals surface area contributed by atoms with Gasteiger partial charge in [0.05, 0.1) is 5.69 Å². The summed E-state index contributed by atoms with van der Waals surface area (Å²) in [5.41, 5.74) is 21.6. The number of nitrogens with zero attached hydrogens (tertiary/aromatic N) is 1. The molecule has 0 fully saturated rings. The van der Waals surface area contributed by atoms with Gasteiger partial charge in [0.25, 0.3) is 0 Å². The smallest absolute Gasteiger partial charge is 0.0543 e. The van der Waals surface area contributed by atoms with Crippen molar-refractivity contribution < 1.29 is 0 Å². The lowest BCUT2D eigenvalue weighted by Crippen LogP contribution is -2.16. The summed E-state index contributed by atoms with van der Waals surface area (Å²) in [6, 6.07) is 74.7. The number of benzene rings is 9. The van der Waals surface area contributed by atoms with Crippen LogP contribution in [0.4, 0.5) is 17.1 Å². The molecule has 0 atom stereocenters. The van der Waals surface area contributed by atoms with E-state index in [-0.39, 0.29) is 10.8 Å². The lowest BCUT2D eigenvalue weighted by Gasteiger charge is -2.29. The van der Waals surface area contributed by atoms with Gasteiger partial charge < -0.3 is 4.90 Å². The Labute approximate surface area is 368 Å². The molecule has 0 saturated carbocycles. The van der Waals surface area contributed by atoms with Crippen molar-refractivity contribution in [2.75, 3.05) is 4.90 Å². The van der Waals surface area contributed by atoms with Crippen LogP contribution < -0.4 is 4.90 Å². The van der Waals surface area contributed by atoms with E-state index in [4.69, 9.17) is 0 Å². The molecule has 1 nitrogen and oxygen atoms in total. The van der Waals surface area contributed by atoms with E-state index in [9.17, 15) is 0 Å². The van der Waals surface area contributed by atoms with Gasteiger partial charge in [0, 0.05) is 47.9 Å². The van der Waals surface area contributed by atoms with E-state index >= 15 is 0 Å². The maximum atomic E-state index is 2.47. The minimum absolute atomic E-state index is 0.0819. The van der Waals surface area contributed by atoms with Crippen LogP contribution in [0, 0.1) is 0 Å². The molecule has 10 aromatic rings. The van der Waals surface area contributed by atoms with Crippen LogP contribution in [-0.4, -0.2) is 0 Å². The monoisotopic (exact) mass is 811 g/mol. The van der Waals surface area contributed by atoms with Gasteiger partial charge >= 0.3 is 0 Å². The molecule has 0 radical (unpaired) electrons. The summed E-state index contributed by atoms with van der Waals surface area (Å²) in [4.78, 5) is 2.47. The lowest BCUT2D eigenvalue weighted by molar-refractivity contribution is 0.660. The number of fused-ring (bicyclic) bond motifs is 9. The van der Waals surface area contributed by atoms with Gasteiger partial charge in [-0.2, -0.15) is 0 Å². The SMILES string of the molecule is CC1(C)c2ccc(-c3ccc(N(c4ccc(-c5cccc6c5sc5ccccc56)cc4)c4cccc5c4-c4ccccc4C5(C)C)cc3)cc2-c2ccc(-c3ccccc3)cc21. The molecule has 0 aliphatic heterocycles. The summed E-state index contributed by atoms with van der Waals surface area (Å²) >= 11 is 1.89. The zero-order valence-corrected chi connectivity index (χ0v) is 36.2. The molecule has 0 unspecified atom stereocenters. The average molecular weight is 812 g/mol. The molecule has 1 aromatic heterocycles. The van der Waals surface area contributed by atoms with E-state index in [1.807, 2.05) is 11.3 Å². The summed E-state index contributed by atoms with van der Waals surface area (Å²) in [6.45, 7) is 9.46. The number of thiophene rings is 1. The number of hydrogen-bond donors (Lipinski definition) is 0. The first-order valence-electron chi connectivity index (χ1n) is 21.8. The Morgan fingerprint density at radius 3 is 1.73 bits per heavy atom. The van der Waals surface area contributed by atoms with Crippen molar-refractivity contribution in [3.8, 4) is 55.6 Å². The van der Waals surface area contributed by atoms with Crippen LogP contribution in [0.25, 0.3) is 75.8 Å². The van der Waals surface area contributed by atoms with Crippen LogP contribution in [0.15, 0.2) is 200 Å². The topological polar surface area (TPSA) is 3.24 Å². The molecule has 9 aromatic carbocycles. The van der Waals surface area contributed by atoms with E-state index in [0.29, 0.717) is 0 Å². The van der Waals surface area contributed by atoms with Gasteiger partial charge in [-0.25, -0.2) is 0 Å². The van der Waals surface area contributed by atoms with Crippen molar-refractivity contribution in [1.82, 2.24) is 0 Å². The van der Waals surface area contributed by atoms with E-state index in [0.717, 1.165) is 11.4 Å². The van der Waals surface area contributed by atoms with Gasteiger partial charge in [-0.05, 0) is 121 Å². The minimum atomic E-state index is -0.103. The van der Waals surface area contributed by atoms with Crippen molar-refractivity contribution in [2.24, 2.45) is 0 Å². The van der Waals surface area contributed by atoms with Crippen LogP contribution in [0.5, 0.6) is 0 Å². The second-order valence-electron chi connectivity index (χ2n) is 18.1. The molecular weight excluding hydrogens is 767 g/mol. The Kier molecular flexibility index (Phi) is 8.17. The molecule has 0 N–H and O–H groups in total. The first-order chi connectivity index (χ1) is 30.3. The largest absolute Gasteiger partial charge is 0.310 e. The fourth-order valence-corrected chi connectivity index (χ4v) is 11.9. The first kappa shape index (κ1) is 36.8. The van der Waals surface area contributed by atoms with Crippen LogP contribution in [0.2, 0.25) is 0 Å². The van der Waals surface area contributed by atoms with Crippen molar-refractivity contribution in [3.63, 3.8) is 0 Å². The molecule has 62 heavy (non-hydrogen) atoms. The van der Waals surface area contributed by atoms with Gasteiger partial charge in [-0.15, -0.1) is 11.3 Å². The average Bonchev–Trinajstić information content (AvgIpc) is 3.89. The molecule has 2 aliphatic carbocycles. The highest BCUT2D eigenvalue weighted by Crippen LogP contribution is 2.55. The number of anilines is 3. The molecule has 2 aliphatic rings. The van der Waals surface area contributed by atoms with Crippen molar-refractivity contribution in [2.45, 2.75) is 38.5 Å². The van der Waals surface area contributed by atoms with E-state index in [1.165, 1.54) is 104 Å². The summed E-state index contributed by atoms with van der Waals surface area (Å²) in [7, 11) is 0. The maximum absolute atomic E-state index is 2.47. The Bertz CT molecular complexity index is 3390. The zero-order chi connectivity index (χ0) is 41.7. The second kappa shape index (κ2) is 13.8. The summed E-state index contributed by atoms with van der Waals surface area (Å²) in [5, 5.41) is 2.65. The molecule has 0 spiro atoms. The fraction of sp³-hybridized carbons (Fsp3) is 0.100. The summed E-state index contributed by atoms with van der Waals surface area (Å²) in [5.74, 6) is 0. The van der Waals surface area contributed by atoms with E-state index < -0.39 is 0 Å². The van der Waals surface area contributed by atoms with E-state index in [2.05, 4.69) is 233 Å². The van der Waals surface area contributed by atoms with E-state index in [1.54, 1.807) is 0 Å². The normalized spacial score (nSPS) is 14.1. The maximum Gasteiger partial charge on any atom is 0.0543 e. The van der Waals surface area contributed by atoms with Gasteiger partial charge in [-0.3, -0.25) is 0 Å². The molecule has 1 heterocycles. The highest BCUT2D eigenvalue weighted by molar-refractivity contribution is 7.26. The third kappa shape index (κ3) is 5.53. The van der Waals surface area contributed by atoms with Crippen LogP contribution in [-0.2, 0) is 10.8 Å². The van der Waals surface area contributed by atoms with Crippen molar-refractivity contribution in [1.29, 1.82) is 0 Å². The molecule has 0 amide bonds. The minimum Gasteiger partial charge on any atom is -0.310 e. The molecule has 12 rings (SSSR count). The van der Waals surface area contributed by atoms with Gasteiger partial charge in [-0.1, -0.05) is 179 Å². The van der Waals surface area contributed by atoms with Gasteiger partial charge in [0.1, 0.15) is 0 Å². The van der Waals surface area contributed by atoms with Gasteiger partial charge in [0.15, 0.2) is 0 Å². The van der Waals surface area contributed by atoms with Crippen LogP contribution in [0.1, 0.15) is 49.9 Å². The predicted molar refractivity (Wildman–Crippen MR) is 265 cm³/mol. The Morgan fingerprint density at radius 2 is 0.919 bits per heavy atom. The predicted octanol–water partition coefficient (Wildman–Crippen LogP) is 17.1.